The summed E-state index contributed by atoms with van der Waals surface area (Å²) in [5.74, 6) is 0.641. The molecule has 4 heteroatoms. The minimum absolute atomic E-state index is 0.641. The maximum Gasteiger partial charge on any atom is 0.213 e. The normalized spacial score (nSPS) is 10.2. The van der Waals surface area contributed by atoms with Crippen LogP contribution in [-0.4, -0.2) is 12.1 Å². The lowest BCUT2D eigenvalue weighted by atomic mass is 10.2. The van der Waals surface area contributed by atoms with E-state index in [2.05, 4.69) is 45.3 Å². The molecule has 0 aliphatic heterocycles. The van der Waals surface area contributed by atoms with Gasteiger partial charge in [0.2, 0.25) is 5.88 Å². The van der Waals surface area contributed by atoms with E-state index in [9.17, 15) is 0 Å². The molecule has 1 aromatic heterocycles. The van der Waals surface area contributed by atoms with Crippen LogP contribution in [0.3, 0.4) is 0 Å². The van der Waals surface area contributed by atoms with Crippen LogP contribution in [0.25, 0.3) is 0 Å². The number of benzene rings is 1. The Kier molecular flexibility index (Phi) is 4.20. The Morgan fingerprint density at radius 3 is 2.83 bits per heavy atom. The highest BCUT2D eigenvalue weighted by atomic mass is 79.9. The van der Waals surface area contributed by atoms with E-state index in [0.717, 1.165) is 15.9 Å². The minimum Gasteiger partial charge on any atom is -0.481 e. The van der Waals surface area contributed by atoms with Gasteiger partial charge in [0.25, 0.3) is 0 Å². The van der Waals surface area contributed by atoms with Crippen molar-refractivity contribution in [2.45, 2.75) is 13.5 Å². The highest BCUT2D eigenvalue weighted by molar-refractivity contribution is 9.10. The van der Waals surface area contributed by atoms with Gasteiger partial charge in [0.1, 0.15) is 0 Å². The second-order valence-electron chi connectivity index (χ2n) is 3.98. The molecule has 0 aliphatic carbocycles. The van der Waals surface area contributed by atoms with Crippen molar-refractivity contribution < 1.29 is 4.74 Å². The standard InChI is InChI=1S/C14H15BrN2O/c1-10-8-11(15)6-7-13(10)16-9-12-4-3-5-14(17-12)18-2/h3-8,16H,9H2,1-2H3. The molecule has 0 bridgehead atoms. The number of nitrogens with zero attached hydrogens (tertiary/aromatic N) is 1. The van der Waals surface area contributed by atoms with Crippen LogP contribution >= 0.6 is 15.9 Å². The molecule has 0 fully saturated rings. The molecular formula is C14H15BrN2O. The van der Waals surface area contributed by atoms with Gasteiger partial charge in [-0.05, 0) is 36.8 Å². The maximum atomic E-state index is 5.10. The quantitative estimate of drug-likeness (QED) is 0.933. The molecule has 1 aromatic carbocycles. The monoisotopic (exact) mass is 306 g/mol. The number of ether oxygens (including phenoxy) is 1. The van der Waals surface area contributed by atoms with Gasteiger partial charge < -0.3 is 10.1 Å². The van der Waals surface area contributed by atoms with Gasteiger partial charge >= 0.3 is 0 Å². The fourth-order valence-corrected chi connectivity index (χ4v) is 2.16. The van der Waals surface area contributed by atoms with Crippen molar-refractivity contribution >= 4 is 21.6 Å². The van der Waals surface area contributed by atoms with E-state index < -0.39 is 0 Å². The van der Waals surface area contributed by atoms with E-state index in [1.807, 2.05) is 24.3 Å². The molecule has 0 saturated heterocycles. The van der Waals surface area contributed by atoms with Crippen LogP contribution in [0.4, 0.5) is 5.69 Å². The van der Waals surface area contributed by atoms with Crippen LogP contribution in [0.5, 0.6) is 5.88 Å². The first-order valence-corrected chi connectivity index (χ1v) is 6.48. The highest BCUT2D eigenvalue weighted by Crippen LogP contribution is 2.20. The zero-order valence-electron chi connectivity index (χ0n) is 10.4. The van der Waals surface area contributed by atoms with Crippen molar-refractivity contribution in [3.8, 4) is 5.88 Å². The van der Waals surface area contributed by atoms with Gasteiger partial charge in [0.15, 0.2) is 0 Å². The molecule has 0 unspecified atom stereocenters. The van der Waals surface area contributed by atoms with Crippen LogP contribution in [0.1, 0.15) is 11.3 Å². The van der Waals surface area contributed by atoms with E-state index in [1.165, 1.54) is 5.56 Å². The molecule has 0 saturated carbocycles. The number of nitrogens with one attached hydrogen (secondary N) is 1. The second-order valence-corrected chi connectivity index (χ2v) is 4.90. The Hall–Kier alpha value is -1.55. The van der Waals surface area contributed by atoms with E-state index in [4.69, 9.17) is 4.74 Å². The van der Waals surface area contributed by atoms with Gasteiger partial charge in [-0.1, -0.05) is 22.0 Å². The topological polar surface area (TPSA) is 34.1 Å². The van der Waals surface area contributed by atoms with Crippen LogP contribution < -0.4 is 10.1 Å². The van der Waals surface area contributed by atoms with E-state index >= 15 is 0 Å². The van der Waals surface area contributed by atoms with Crippen molar-refractivity contribution in [3.05, 3.63) is 52.1 Å². The number of aromatic nitrogens is 1. The van der Waals surface area contributed by atoms with Crippen LogP contribution in [-0.2, 0) is 6.54 Å². The highest BCUT2D eigenvalue weighted by Gasteiger charge is 2.01. The summed E-state index contributed by atoms with van der Waals surface area (Å²) in [5.41, 5.74) is 3.27. The maximum absolute atomic E-state index is 5.10. The number of halogens is 1. The Balaban J connectivity index is 2.06. The summed E-state index contributed by atoms with van der Waals surface area (Å²) in [5, 5.41) is 3.37. The lowest BCUT2D eigenvalue weighted by molar-refractivity contribution is 0.396. The lowest BCUT2D eigenvalue weighted by Crippen LogP contribution is -2.03. The Labute approximate surface area is 115 Å². The van der Waals surface area contributed by atoms with Crippen molar-refractivity contribution in [2.24, 2.45) is 0 Å². The van der Waals surface area contributed by atoms with E-state index in [1.54, 1.807) is 7.11 Å². The fraction of sp³-hybridized carbons (Fsp3) is 0.214. The number of rotatable bonds is 4. The smallest absolute Gasteiger partial charge is 0.213 e. The molecular weight excluding hydrogens is 292 g/mol. The van der Waals surface area contributed by atoms with Crippen molar-refractivity contribution in [2.75, 3.05) is 12.4 Å². The molecule has 0 aliphatic rings. The number of hydrogen-bond acceptors (Lipinski definition) is 3. The molecule has 3 nitrogen and oxygen atoms in total. The first-order valence-electron chi connectivity index (χ1n) is 5.69. The summed E-state index contributed by atoms with van der Waals surface area (Å²) in [6.07, 6.45) is 0. The predicted molar refractivity (Wildman–Crippen MR) is 77.0 cm³/mol. The van der Waals surface area contributed by atoms with Crippen molar-refractivity contribution in [1.82, 2.24) is 4.98 Å². The molecule has 1 heterocycles. The second kappa shape index (κ2) is 5.87. The van der Waals surface area contributed by atoms with Gasteiger partial charge in [-0.15, -0.1) is 0 Å². The Morgan fingerprint density at radius 2 is 2.11 bits per heavy atom. The van der Waals surface area contributed by atoms with Crippen molar-refractivity contribution in [3.63, 3.8) is 0 Å². The molecule has 1 N–H and O–H groups in total. The van der Waals surface area contributed by atoms with Gasteiger partial charge in [-0.2, -0.15) is 0 Å². The number of hydrogen-bond donors (Lipinski definition) is 1. The third-order valence-corrected chi connectivity index (χ3v) is 3.13. The average Bonchev–Trinajstić information content (AvgIpc) is 2.38. The molecule has 0 spiro atoms. The van der Waals surface area contributed by atoms with E-state index in [-0.39, 0.29) is 0 Å². The third-order valence-electron chi connectivity index (χ3n) is 2.64. The average molecular weight is 307 g/mol. The largest absolute Gasteiger partial charge is 0.481 e. The number of anilines is 1. The zero-order valence-corrected chi connectivity index (χ0v) is 12.0. The third kappa shape index (κ3) is 3.23. The summed E-state index contributed by atoms with van der Waals surface area (Å²) in [4.78, 5) is 4.36. The minimum atomic E-state index is 0.641. The van der Waals surface area contributed by atoms with Gasteiger partial charge in [0, 0.05) is 16.2 Å². The molecule has 18 heavy (non-hydrogen) atoms. The number of pyridine rings is 1. The summed E-state index contributed by atoms with van der Waals surface area (Å²) < 4.78 is 6.19. The number of aryl methyl sites for hydroxylation is 1. The molecule has 0 amide bonds. The lowest BCUT2D eigenvalue weighted by Gasteiger charge is -2.10. The summed E-state index contributed by atoms with van der Waals surface area (Å²) in [6.45, 7) is 2.76. The van der Waals surface area contributed by atoms with Gasteiger partial charge in [-0.25, -0.2) is 4.98 Å². The molecule has 2 rings (SSSR count). The Morgan fingerprint density at radius 1 is 1.28 bits per heavy atom. The first kappa shape index (κ1) is 12.9. The molecule has 2 aromatic rings. The summed E-state index contributed by atoms with van der Waals surface area (Å²) >= 11 is 3.45. The predicted octanol–water partition coefficient (Wildman–Crippen LogP) is 3.77. The zero-order chi connectivity index (χ0) is 13.0. The van der Waals surface area contributed by atoms with Crippen molar-refractivity contribution in [1.29, 1.82) is 0 Å². The van der Waals surface area contributed by atoms with Crippen LogP contribution in [0.2, 0.25) is 0 Å². The van der Waals surface area contributed by atoms with Gasteiger partial charge in [0.05, 0.1) is 19.3 Å². The van der Waals surface area contributed by atoms with Gasteiger partial charge in [-0.3, -0.25) is 0 Å². The van der Waals surface area contributed by atoms with E-state index in [0.29, 0.717) is 12.4 Å². The fourth-order valence-electron chi connectivity index (χ4n) is 1.68. The molecule has 0 atom stereocenters. The summed E-state index contributed by atoms with van der Waals surface area (Å²) in [6, 6.07) is 11.9. The molecule has 0 radical (unpaired) electrons. The Bertz CT molecular complexity index is 543. The SMILES string of the molecule is COc1cccc(CNc2ccc(Br)cc2C)n1. The summed E-state index contributed by atoms with van der Waals surface area (Å²) in [7, 11) is 1.62. The van der Waals surface area contributed by atoms with Crippen LogP contribution in [0, 0.1) is 6.92 Å². The van der Waals surface area contributed by atoms with Crippen LogP contribution in [0.15, 0.2) is 40.9 Å². The first-order chi connectivity index (χ1) is 8.69. The molecule has 94 valence electrons. The number of methoxy groups -OCH3 is 1.